The normalized spacial score (nSPS) is 21.1. The number of ether oxygens (including phenoxy) is 1. The van der Waals surface area contributed by atoms with Crippen molar-refractivity contribution < 1.29 is 13.9 Å². The molecule has 9 heteroatoms. The van der Waals surface area contributed by atoms with Crippen molar-refractivity contribution in [2.24, 2.45) is 17.3 Å². The Kier molecular flexibility index (Phi) is 9.14. The van der Waals surface area contributed by atoms with Crippen molar-refractivity contribution in [2.75, 3.05) is 51.2 Å². The fraction of sp³-hybridized carbons (Fsp3) is 0.656. The molecule has 0 bridgehead atoms. The maximum absolute atomic E-state index is 14.3. The largest absolute Gasteiger partial charge is 0.451 e. The summed E-state index contributed by atoms with van der Waals surface area (Å²) in [5, 5.41) is 3.35. The summed E-state index contributed by atoms with van der Waals surface area (Å²) in [4.78, 5) is 28.9. The van der Waals surface area contributed by atoms with Crippen LogP contribution in [0.2, 0.25) is 0 Å². The van der Waals surface area contributed by atoms with Gasteiger partial charge in [0.2, 0.25) is 0 Å². The molecule has 1 aromatic carbocycles. The zero-order valence-electron chi connectivity index (χ0n) is 25.4. The van der Waals surface area contributed by atoms with Gasteiger partial charge in [-0.1, -0.05) is 0 Å². The number of nitrogens with zero attached hydrogens (tertiary/aromatic N) is 5. The highest BCUT2D eigenvalue weighted by Gasteiger charge is 2.45. The summed E-state index contributed by atoms with van der Waals surface area (Å²) in [6.45, 7) is 14.4. The van der Waals surface area contributed by atoms with Crippen molar-refractivity contribution in [2.45, 2.75) is 71.9 Å². The Balaban J connectivity index is 1.23. The Morgan fingerprint density at radius 1 is 1.12 bits per heavy atom. The average Bonchev–Trinajstić information content (AvgIpc) is 3.38. The van der Waals surface area contributed by atoms with Crippen LogP contribution in [0.3, 0.4) is 0 Å². The van der Waals surface area contributed by atoms with Gasteiger partial charge in [-0.25, -0.2) is 14.4 Å². The van der Waals surface area contributed by atoms with Crippen LogP contribution in [-0.2, 0) is 0 Å². The third-order valence-electron chi connectivity index (χ3n) is 9.28. The fourth-order valence-electron chi connectivity index (χ4n) is 7.37. The zero-order chi connectivity index (χ0) is 29.1. The molecule has 1 amide bonds. The van der Waals surface area contributed by atoms with Crippen molar-refractivity contribution in [3.8, 4) is 11.5 Å². The van der Waals surface area contributed by atoms with Gasteiger partial charge in [-0.15, -0.1) is 0 Å². The number of carbonyl (C=O) groups is 1. The number of hydrogen-bond acceptors (Lipinski definition) is 7. The van der Waals surface area contributed by atoms with Crippen LogP contribution in [-0.4, -0.2) is 84.1 Å². The van der Waals surface area contributed by atoms with Crippen molar-refractivity contribution in [1.29, 1.82) is 0 Å². The van der Waals surface area contributed by atoms with Crippen LogP contribution in [0.4, 0.5) is 10.2 Å². The minimum Gasteiger partial charge on any atom is -0.451 e. The molecule has 1 aliphatic carbocycles. The quantitative estimate of drug-likeness (QED) is 0.424. The minimum atomic E-state index is -0.473. The van der Waals surface area contributed by atoms with E-state index in [1.807, 2.05) is 27.7 Å². The lowest BCUT2D eigenvalue weighted by Gasteiger charge is -2.54. The monoisotopic (exact) mass is 566 g/mol. The molecule has 3 heterocycles. The summed E-state index contributed by atoms with van der Waals surface area (Å²) in [5.41, 5.74) is 0.759. The second kappa shape index (κ2) is 12.6. The third kappa shape index (κ3) is 6.67. The lowest BCUT2D eigenvalue weighted by atomic mass is 9.65. The van der Waals surface area contributed by atoms with Gasteiger partial charge in [-0.2, -0.15) is 0 Å². The maximum atomic E-state index is 14.3. The molecular weight excluding hydrogens is 519 g/mol. The Morgan fingerprint density at radius 3 is 2.54 bits per heavy atom. The highest BCUT2D eigenvalue weighted by atomic mass is 19.1. The van der Waals surface area contributed by atoms with E-state index in [2.05, 4.69) is 32.1 Å². The summed E-state index contributed by atoms with van der Waals surface area (Å²) < 4.78 is 20.6. The van der Waals surface area contributed by atoms with E-state index in [1.165, 1.54) is 63.3 Å². The van der Waals surface area contributed by atoms with Gasteiger partial charge in [0.15, 0.2) is 11.6 Å². The number of hydrogen-bond donors (Lipinski definition) is 1. The van der Waals surface area contributed by atoms with E-state index in [-0.39, 0.29) is 23.6 Å². The van der Waals surface area contributed by atoms with Crippen molar-refractivity contribution in [3.05, 3.63) is 42.1 Å². The number of carbonyl (C=O) groups excluding carboxylic acids is 1. The van der Waals surface area contributed by atoms with Gasteiger partial charge in [0.25, 0.3) is 5.91 Å². The molecule has 1 N–H and O–H groups in total. The summed E-state index contributed by atoms with van der Waals surface area (Å²) in [7, 11) is 2.06. The van der Waals surface area contributed by atoms with Crippen LogP contribution < -0.4 is 15.0 Å². The number of likely N-dealkylation sites (tertiary alicyclic amines) is 1. The molecule has 3 fully saturated rings. The van der Waals surface area contributed by atoms with Gasteiger partial charge in [-0.3, -0.25) is 4.79 Å². The Morgan fingerprint density at radius 2 is 1.85 bits per heavy atom. The Hall–Kier alpha value is -2.78. The van der Waals surface area contributed by atoms with Crippen LogP contribution >= 0.6 is 0 Å². The smallest absolute Gasteiger partial charge is 0.258 e. The molecule has 224 valence electrons. The zero-order valence-corrected chi connectivity index (χ0v) is 25.4. The summed E-state index contributed by atoms with van der Waals surface area (Å²) in [6, 6.07) is 4.04. The molecule has 2 saturated heterocycles. The number of amides is 1. The number of anilines is 1. The molecule has 1 saturated carbocycles. The number of aromatic nitrogens is 2. The van der Waals surface area contributed by atoms with Crippen molar-refractivity contribution in [3.63, 3.8) is 0 Å². The standard InChI is InChI=1S/C32H47FN6O2/c1-22(2)39(23(3)4)31(40)27-14-26(33)6-7-28(27)41-29-16-35-21-36-30(29)38-13-10-25(18-38)17-37-19-32(20-37)11-8-24(9-12-32)15-34-5/h6-7,14,16,21-25,34H,8-13,15,17-20H2,1-5H3/t25-/m0/s1. The summed E-state index contributed by atoms with van der Waals surface area (Å²) in [5.74, 6) is 2.20. The predicted octanol–water partition coefficient (Wildman–Crippen LogP) is 5.20. The molecule has 41 heavy (non-hydrogen) atoms. The van der Waals surface area contributed by atoms with E-state index in [9.17, 15) is 9.18 Å². The number of rotatable bonds is 10. The van der Waals surface area contributed by atoms with Crippen LogP contribution in [0.5, 0.6) is 11.5 Å². The molecule has 1 spiro atoms. The Bertz CT molecular complexity index is 1180. The van der Waals surface area contributed by atoms with Crippen LogP contribution in [0.15, 0.2) is 30.7 Å². The lowest BCUT2D eigenvalue weighted by molar-refractivity contribution is -0.0439. The fourth-order valence-corrected chi connectivity index (χ4v) is 7.37. The molecule has 3 aliphatic rings. The average molecular weight is 567 g/mol. The predicted molar refractivity (Wildman–Crippen MR) is 160 cm³/mol. The van der Waals surface area contributed by atoms with E-state index < -0.39 is 5.82 Å². The first kappa shape index (κ1) is 29.7. The number of benzene rings is 1. The second-order valence-corrected chi connectivity index (χ2v) is 13.1. The molecular formula is C32H47FN6O2. The first-order valence-electron chi connectivity index (χ1n) is 15.4. The molecule has 0 unspecified atom stereocenters. The molecule has 1 atom stereocenters. The number of nitrogens with one attached hydrogen (secondary N) is 1. The second-order valence-electron chi connectivity index (χ2n) is 13.1. The van der Waals surface area contributed by atoms with E-state index in [1.54, 1.807) is 11.1 Å². The molecule has 2 aromatic rings. The molecule has 5 rings (SSSR count). The van der Waals surface area contributed by atoms with Crippen LogP contribution in [0.1, 0.15) is 70.2 Å². The first-order chi connectivity index (χ1) is 19.7. The van der Waals surface area contributed by atoms with E-state index in [0.717, 1.165) is 44.3 Å². The first-order valence-corrected chi connectivity index (χ1v) is 15.4. The lowest BCUT2D eigenvalue weighted by Crippen LogP contribution is -2.58. The Labute approximate surface area is 244 Å². The highest BCUT2D eigenvalue weighted by molar-refractivity contribution is 5.97. The molecule has 0 radical (unpaired) electrons. The maximum Gasteiger partial charge on any atom is 0.258 e. The van der Waals surface area contributed by atoms with Crippen molar-refractivity contribution in [1.82, 2.24) is 25.1 Å². The molecule has 8 nitrogen and oxygen atoms in total. The third-order valence-corrected chi connectivity index (χ3v) is 9.28. The van der Waals surface area contributed by atoms with Crippen LogP contribution in [0, 0.1) is 23.1 Å². The van der Waals surface area contributed by atoms with Crippen molar-refractivity contribution >= 4 is 11.7 Å². The van der Waals surface area contributed by atoms with Gasteiger partial charge >= 0.3 is 0 Å². The van der Waals surface area contributed by atoms with E-state index >= 15 is 0 Å². The van der Waals surface area contributed by atoms with Gasteiger partial charge in [-0.05, 0) is 109 Å². The topological polar surface area (TPSA) is 73.8 Å². The van der Waals surface area contributed by atoms with E-state index in [0.29, 0.717) is 22.8 Å². The van der Waals surface area contributed by atoms with Crippen LogP contribution in [0.25, 0.3) is 0 Å². The highest BCUT2D eigenvalue weighted by Crippen LogP contribution is 2.46. The number of halogens is 1. The molecule has 1 aromatic heterocycles. The molecule has 2 aliphatic heterocycles. The van der Waals surface area contributed by atoms with Gasteiger partial charge in [0, 0.05) is 44.8 Å². The summed E-state index contributed by atoms with van der Waals surface area (Å²) in [6.07, 6.45) is 9.74. The van der Waals surface area contributed by atoms with Gasteiger partial charge in [0.1, 0.15) is 17.9 Å². The van der Waals surface area contributed by atoms with Gasteiger partial charge in [0.05, 0.1) is 11.8 Å². The minimum absolute atomic E-state index is 0.0366. The SMILES string of the molecule is CNCC1CCC2(CC1)CN(C[C@@H]1CCN(c3ncncc3Oc3ccc(F)cc3C(=O)N(C(C)C)C(C)C)C1)C2. The van der Waals surface area contributed by atoms with Gasteiger partial charge < -0.3 is 24.8 Å². The summed E-state index contributed by atoms with van der Waals surface area (Å²) >= 11 is 0. The van der Waals surface area contributed by atoms with E-state index in [4.69, 9.17) is 4.74 Å².